The lowest BCUT2D eigenvalue weighted by Gasteiger charge is -2.24. The van der Waals surface area contributed by atoms with Crippen molar-refractivity contribution in [3.63, 3.8) is 0 Å². The average molecular weight is 394 g/mol. The molecule has 1 atom stereocenters. The first-order chi connectivity index (χ1) is 11.2. The second-order valence-electron chi connectivity index (χ2n) is 5.85. The van der Waals surface area contributed by atoms with Crippen molar-refractivity contribution in [2.75, 3.05) is 20.2 Å². The van der Waals surface area contributed by atoms with Crippen molar-refractivity contribution >= 4 is 33.2 Å². The summed E-state index contributed by atoms with van der Waals surface area (Å²) >= 11 is 4.94. The summed E-state index contributed by atoms with van der Waals surface area (Å²) in [6.07, 6.45) is 3.36. The largest absolute Gasteiger partial charge is 0.497 e. The smallest absolute Gasteiger partial charge is 0.263 e. The molecule has 0 aliphatic carbocycles. The third-order valence-electron chi connectivity index (χ3n) is 4.32. The molecule has 5 heteroatoms. The monoisotopic (exact) mass is 393 g/mol. The van der Waals surface area contributed by atoms with Crippen LogP contribution in [-0.4, -0.2) is 31.0 Å². The van der Waals surface area contributed by atoms with Crippen LogP contribution in [0.2, 0.25) is 0 Å². The summed E-state index contributed by atoms with van der Waals surface area (Å²) < 4.78 is 6.21. The number of halogens is 1. The Morgan fingerprint density at radius 3 is 2.74 bits per heavy atom. The molecule has 1 unspecified atom stereocenters. The van der Waals surface area contributed by atoms with Crippen LogP contribution in [0.5, 0.6) is 5.75 Å². The van der Waals surface area contributed by atoms with E-state index in [9.17, 15) is 4.79 Å². The van der Waals surface area contributed by atoms with Gasteiger partial charge in [-0.05, 0) is 52.5 Å². The third kappa shape index (κ3) is 3.96. The molecular formula is C18H20BrNO2S. The van der Waals surface area contributed by atoms with Crippen molar-refractivity contribution < 1.29 is 9.53 Å². The standard InChI is InChI=1S/C18H20BrNO2S/c1-22-16-7-5-13(6-8-16)14-4-2-3-9-20(11-14)18(21)17-10-15(19)12-23-17/h5-8,10,12,14H,2-4,9,11H2,1H3. The van der Waals surface area contributed by atoms with E-state index in [2.05, 4.69) is 28.1 Å². The van der Waals surface area contributed by atoms with Crippen molar-refractivity contribution in [2.45, 2.75) is 25.2 Å². The molecule has 2 aromatic rings. The maximum absolute atomic E-state index is 12.7. The SMILES string of the molecule is COc1ccc(C2CCCCN(C(=O)c3cc(Br)cs3)C2)cc1. The molecule has 3 rings (SSSR count). The second kappa shape index (κ2) is 7.49. The van der Waals surface area contributed by atoms with Gasteiger partial charge in [-0.3, -0.25) is 4.79 Å². The van der Waals surface area contributed by atoms with Gasteiger partial charge in [0.2, 0.25) is 0 Å². The Kier molecular flexibility index (Phi) is 5.38. The number of ether oxygens (including phenoxy) is 1. The lowest BCUT2D eigenvalue weighted by molar-refractivity contribution is 0.0759. The lowest BCUT2D eigenvalue weighted by atomic mass is 9.94. The number of hydrogen-bond donors (Lipinski definition) is 0. The third-order valence-corrected chi connectivity index (χ3v) is 6.00. The van der Waals surface area contributed by atoms with Crippen LogP contribution in [0.15, 0.2) is 40.2 Å². The lowest BCUT2D eigenvalue weighted by Crippen LogP contribution is -2.33. The Hall–Kier alpha value is -1.33. The fourth-order valence-corrected chi connectivity index (χ4v) is 4.45. The van der Waals surface area contributed by atoms with E-state index in [1.165, 1.54) is 16.9 Å². The molecule has 1 saturated heterocycles. The van der Waals surface area contributed by atoms with Gasteiger partial charge in [-0.15, -0.1) is 11.3 Å². The molecule has 1 aromatic carbocycles. The van der Waals surface area contributed by atoms with Gasteiger partial charge in [-0.2, -0.15) is 0 Å². The minimum absolute atomic E-state index is 0.154. The number of carbonyl (C=O) groups is 1. The normalized spacial score (nSPS) is 18.5. The van der Waals surface area contributed by atoms with E-state index >= 15 is 0 Å². The van der Waals surface area contributed by atoms with Crippen molar-refractivity contribution in [2.24, 2.45) is 0 Å². The molecule has 23 heavy (non-hydrogen) atoms. The van der Waals surface area contributed by atoms with Crippen molar-refractivity contribution in [3.8, 4) is 5.75 Å². The molecule has 1 aliphatic heterocycles. The quantitative estimate of drug-likeness (QED) is 0.739. The molecule has 0 bridgehead atoms. The number of rotatable bonds is 3. The van der Waals surface area contributed by atoms with Crippen LogP contribution in [0.25, 0.3) is 0 Å². The van der Waals surface area contributed by atoms with Crippen LogP contribution in [0, 0.1) is 0 Å². The molecule has 1 amide bonds. The maximum atomic E-state index is 12.7. The molecule has 3 nitrogen and oxygen atoms in total. The van der Waals surface area contributed by atoms with Crippen LogP contribution in [0.4, 0.5) is 0 Å². The predicted octanol–water partition coefficient (Wildman–Crippen LogP) is 4.93. The Morgan fingerprint density at radius 1 is 1.30 bits per heavy atom. The Balaban J connectivity index is 1.76. The Morgan fingerprint density at radius 2 is 2.09 bits per heavy atom. The van der Waals surface area contributed by atoms with Gasteiger partial charge in [0, 0.05) is 28.9 Å². The summed E-state index contributed by atoms with van der Waals surface area (Å²) in [4.78, 5) is 15.6. The van der Waals surface area contributed by atoms with Gasteiger partial charge < -0.3 is 9.64 Å². The Labute approximate surface area is 149 Å². The van der Waals surface area contributed by atoms with Crippen LogP contribution in [0.1, 0.15) is 40.4 Å². The summed E-state index contributed by atoms with van der Waals surface area (Å²) in [5, 5.41) is 1.96. The summed E-state index contributed by atoms with van der Waals surface area (Å²) in [7, 11) is 1.68. The van der Waals surface area contributed by atoms with Gasteiger partial charge in [0.15, 0.2) is 0 Å². The van der Waals surface area contributed by atoms with Crippen molar-refractivity contribution in [1.82, 2.24) is 4.90 Å². The number of likely N-dealkylation sites (tertiary alicyclic amines) is 1. The summed E-state index contributed by atoms with van der Waals surface area (Å²) in [5.41, 5.74) is 1.29. The minimum atomic E-state index is 0.154. The van der Waals surface area contributed by atoms with E-state index in [0.29, 0.717) is 5.92 Å². The molecule has 0 radical (unpaired) electrons. The average Bonchev–Trinajstić information content (AvgIpc) is 2.87. The van der Waals surface area contributed by atoms with E-state index in [-0.39, 0.29) is 5.91 Å². The van der Waals surface area contributed by atoms with Crippen LogP contribution < -0.4 is 4.74 Å². The van der Waals surface area contributed by atoms with Crippen LogP contribution in [0.3, 0.4) is 0 Å². The van der Waals surface area contributed by atoms with Gasteiger partial charge in [0.05, 0.1) is 12.0 Å². The van der Waals surface area contributed by atoms with Gasteiger partial charge in [0.1, 0.15) is 5.75 Å². The number of benzene rings is 1. The van der Waals surface area contributed by atoms with E-state index in [1.54, 1.807) is 7.11 Å². The highest BCUT2D eigenvalue weighted by molar-refractivity contribution is 9.10. The first kappa shape index (κ1) is 16.5. The van der Waals surface area contributed by atoms with Gasteiger partial charge in [-0.25, -0.2) is 0 Å². The number of amides is 1. The van der Waals surface area contributed by atoms with Crippen LogP contribution >= 0.6 is 27.3 Å². The fraction of sp³-hybridized carbons (Fsp3) is 0.389. The number of methoxy groups -OCH3 is 1. The number of carbonyl (C=O) groups excluding carboxylic acids is 1. The highest BCUT2D eigenvalue weighted by atomic mass is 79.9. The summed E-state index contributed by atoms with van der Waals surface area (Å²) in [6.45, 7) is 1.64. The van der Waals surface area contributed by atoms with Crippen molar-refractivity contribution in [3.05, 3.63) is 50.6 Å². The van der Waals surface area contributed by atoms with Gasteiger partial charge in [-0.1, -0.05) is 18.6 Å². The Bertz CT molecular complexity index is 668. The summed E-state index contributed by atoms with van der Waals surface area (Å²) in [5.74, 6) is 1.43. The van der Waals surface area contributed by atoms with E-state index in [1.807, 2.05) is 28.5 Å². The molecule has 0 spiro atoms. The molecule has 0 saturated carbocycles. The zero-order valence-corrected chi connectivity index (χ0v) is 15.5. The van der Waals surface area contributed by atoms with Gasteiger partial charge >= 0.3 is 0 Å². The maximum Gasteiger partial charge on any atom is 0.263 e. The van der Waals surface area contributed by atoms with Gasteiger partial charge in [0.25, 0.3) is 5.91 Å². The van der Waals surface area contributed by atoms with Crippen molar-refractivity contribution in [1.29, 1.82) is 0 Å². The van der Waals surface area contributed by atoms with E-state index in [4.69, 9.17) is 4.74 Å². The number of thiophene rings is 1. The molecule has 122 valence electrons. The molecule has 1 aliphatic rings. The topological polar surface area (TPSA) is 29.5 Å². The van der Waals surface area contributed by atoms with E-state index < -0.39 is 0 Å². The predicted molar refractivity (Wildman–Crippen MR) is 97.5 cm³/mol. The molecule has 2 heterocycles. The fourth-order valence-electron chi connectivity index (χ4n) is 3.06. The molecule has 1 aromatic heterocycles. The minimum Gasteiger partial charge on any atom is -0.497 e. The molecule has 0 N–H and O–H groups in total. The highest BCUT2D eigenvalue weighted by Gasteiger charge is 2.24. The van der Waals surface area contributed by atoms with E-state index in [0.717, 1.165) is 47.5 Å². The summed E-state index contributed by atoms with van der Waals surface area (Å²) in [6, 6.07) is 10.2. The first-order valence-electron chi connectivity index (χ1n) is 7.84. The zero-order valence-electron chi connectivity index (χ0n) is 13.1. The first-order valence-corrected chi connectivity index (χ1v) is 9.52. The second-order valence-corrected chi connectivity index (χ2v) is 7.67. The molecule has 1 fully saturated rings. The molecular weight excluding hydrogens is 374 g/mol. The number of hydrogen-bond acceptors (Lipinski definition) is 3. The van der Waals surface area contributed by atoms with Crippen LogP contribution in [-0.2, 0) is 0 Å². The highest BCUT2D eigenvalue weighted by Crippen LogP contribution is 2.29. The zero-order chi connectivity index (χ0) is 16.2. The number of nitrogens with zero attached hydrogens (tertiary/aromatic N) is 1.